The van der Waals surface area contributed by atoms with Crippen molar-refractivity contribution in [1.29, 1.82) is 0 Å². The monoisotopic (exact) mass is 506 g/mol. The fourth-order valence-corrected chi connectivity index (χ4v) is 3.33. The lowest BCUT2D eigenvalue weighted by molar-refractivity contribution is -0.152. The molecule has 0 aliphatic rings. The summed E-state index contributed by atoms with van der Waals surface area (Å²) < 4.78 is 55.3. The third-order valence-corrected chi connectivity index (χ3v) is 5.57. The lowest BCUT2D eigenvalue weighted by atomic mass is 10.1. The van der Waals surface area contributed by atoms with Crippen LogP contribution in [-0.2, 0) is 11.0 Å². The first-order valence-corrected chi connectivity index (χ1v) is 11.3. The number of aryl methyl sites for hydroxylation is 2. The number of alkyl halides is 3. The standard InChI is InChI=1S/C26H29F3N2O5/c1-16-14-22(36-25(3,4)23(32)33)17(2)13-21(16)34-12-6-11-31(5)24-30-20(15-35-24)18-7-9-19(10-8-18)26(27,28)29/h7-10,13-15H,6,11-12H2,1-5H3,(H,32,33). The summed E-state index contributed by atoms with van der Waals surface area (Å²) in [7, 11) is 1.80. The van der Waals surface area contributed by atoms with Gasteiger partial charge in [0.05, 0.1) is 12.2 Å². The summed E-state index contributed by atoms with van der Waals surface area (Å²) in [6.07, 6.45) is -2.33. The molecule has 0 aliphatic heterocycles. The Labute approximate surface area is 207 Å². The Kier molecular flexibility index (Phi) is 7.86. The number of halogens is 3. The number of aromatic nitrogens is 1. The van der Waals surface area contributed by atoms with Crippen molar-refractivity contribution >= 4 is 12.0 Å². The summed E-state index contributed by atoms with van der Waals surface area (Å²) >= 11 is 0. The predicted molar refractivity (Wildman–Crippen MR) is 129 cm³/mol. The molecule has 36 heavy (non-hydrogen) atoms. The number of ether oxygens (including phenoxy) is 2. The highest BCUT2D eigenvalue weighted by Gasteiger charge is 2.31. The fourth-order valence-electron chi connectivity index (χ4n) is 3.33. The van der Waals surface area contributed by atoms with Crippen LogP contribution in [0.1, 0.15) is 37.0 Å². The highest BCUT2D eigenvalue weighted by Crippen LogP contribution is 2.32. The van der Waals surface area contributed by atoms with E-state index in [1.54, 1.807) is 18.0 Å². The number of carboxylic acids is 1. The Morgan fingerprint density at radius 1 is 1.08 bits per heavy atom. The zero-order valence-electron chi connectivity index (χ0n) is 20.8. The Hall–Kier alpha value is -3.69. The van der Waals surface area contributed by atoms with Crippen LogP contribution in [0.4, 0.5) is 19.2 Å². The van der Waals surface area contributed by atoms with Crippen molar-refractivity contribution in [3.8, 4) is 22.8 Å². The molecule has 0 saturated heterocycles. The first-order chi connectivity index (χ1) is 16.8. The number of benzene rings is 2. The summed E-state index contributed by atoms with van der Waals surface area (Å²) in [6, 6.07) is 8.68. The summed E-state index contributed by atoms with van der Waals surface area (Å²) in [5.41, 5.74) is 0.484. The number of anilines is 1. The topological polar surface area (TPSA) is 85.0 Å². The molecular formula is C26H29F3N2O5. The van der Waals surface area contributed by atoms with Gasteiger partial charge in [0.1, 0.15) is 23.5 Å². The van der Waals surface area contributed by atoms with Gasteiger partial charge in [-0.15, -0.1) is 0 Å². The molecule has 7 nitrogen and oxygen atoms in total. The van der Waals surface area contributed by atoms with Gasteiger partial charge < -0.3 is 23.9 Å². The third-order valence-electron chi connectivity index (χ3n) is 5.57. The van der Waals surface area contributed by atoms with Crippen LogP contribution in [0, 0.1) is 13.8 Å². The molecule has 2 aromatic carbocycles. The molecular weight excluding hydrogens is 477 g/mol. The van der Waals surface area contributed by atoms with Crippen LogP contribution < -0.4 is 14.4 Å². The van der Waals surface area contributed by atoms with Gasteiger partial charge in [0.25, 0.3) is 6.01 Å². The number of carboxylic acid groups (broad SMARTS) is 1. The first-order valence-electron chi connectivity index (χ1n) is 11.3. The molecule has 0 unspecified atom stereocenters. The number of aliphatic carboxylic acids is 1. The molecule has 3 rings (SSSR count). The Bertz CT molecular complexity index is 1200. The number of hydrogen-bond acceptors (Lipinski definition) is 6. The van der Waals surface area contributed by atoms with Gasteiger partial charge in [-0.25, -0.2) is 4.79 Å². The zero-order valence-corrected chi connectivity index (χ0v) is 20.8. The van der Waals surface area contributed by atoms with Gasteiger partial charge in [-0.1, -0.05) is 12.1 Å². The van der Waals surface area contributed by atoms with Crippen molar-refractivity contribution in [3.63, 3.8) is 0 Å². The summed E-state index contributed by atoms with van der Waals surface area (Å²) in [4.78, 5) is 17.5. The van der Waals surface area contributed by atoms with E-state index in [1.165, 1.54) is 32.2 Å². The molecule has 0 spiro atoms. The largest absolute Gasteiger partial charge is 0.493 e. The van der Waals surface area contributed by atoms with E-state index in [9.17, 15) is 23.1 Å². The molecule has 1 aromatic heterocycles. The van der Waals surface area contributed by atoms with Crippen LogP contribution >= 0.6 is 0 Å². The van der Waals surface area contributed by atoms with E-state index >= 15 is 0 Å². The minimum Gasteiger partial charge on any atom is -0.493 e. The number of carbonyl (C=O) groups is 1. The Balaban J connectivity index is 1.53. The fraction of sp³-hybridized carbons (Fsp3) is 0.385. The highest BCUT2D eigenvalue weighted by molar-refractivity contribution is 5.77. The average molecular weight is 507 g/mol. The van der Waals surface area contributed by atoms with Gasteiger partial charge in [0.15, 0.2) is 5.60 Å². The maximum absolute atomic E-state index is 12.8. The van der Waals surface area contributed by atoms with Gasteiger partial charge in [0.2, 0.25) is 0 Å². The molecule has 10 heteroatoms. The lowest BCUT2D eigenvalue weighted by Gasteiger charge is -2.23. The van der Waals surface area contributed by atoms with Crippen LogP contribution in [0.3, 0.4) is 0 Å². The SMILES string of the molecule is Cc1cc(OC(C)(C)C(=O)O)c(C)cc1OCCCN(C)c1nc(-c2ccc(C(F)(F)F)cc2)co1. The molecule has 0 fully saturated rings. The molecule has 1 heterocycles. The molecule has 0 aliphatic carbocycles. The van der Waals surface area contributed by atoms with Crippen molar-refractivity contribution in [3.05, 3.63) is 59.4 Å². The predicted octanol–water partition coefficient (Wildman–Crippen LogP) is 6.12. The van der Waals surface area contributed by atoms with Crippen molar-refractivity contribution in [1.82, 2.24) is 4.98 Å². The first kappa shape index (κ1) is 26.9. The average Bonchev–Trinajstić information content (AvgIpc) is 3.29. The van der Waals surface area contributed by atoms with Gasteiger partial charge in [-0.2, -0.15) is 18.2 Å². The second kappa shape index (κ2) is 10.5. The number of hydrogen-bond donors (Lipinski definition) is 1. The van der Waals surface area contributed by atoms with Crippen molar-refractivity contribution in [2.45, 2.75) is 45.9 Å². The van der Waals surface area contributed by atoms with Crippen LogP contribution in [0.2, 0.25) is 0 Å². The van der Waals surface area contributed by atoms with Gasteiger partial charge in [-0.3, -0.25) is 0 Å². The van der Waals surface area contributed by atoms with Crippen molar-refractivity contribution in [2.24, 2.45) is 0 Å². The number of nitrogens with zero attached hydrogens (tertiary/aromatic N) is 2. The van der Waals surface area contributed by atoms with E-state index in [2.05, 4.69) is 4.98 Å². The second-order valence-corrected chi connectivity index (χ2v) is 9.01. The van der Waals surface area contributed by atoms with E-state index in [0.29, 0.717) is 48.3 Å². The van der Waals surface area contributed by atoms with Gasteiger partial charge in [0, 0.05) is 19.2 Å². The summed E-state index contributed by atoms with van der Waals surface area (Å²) in [5.74, 6) is 0.109. The van der Waals surface area contributed by atoms with Crippen LogP contribution in [0.5, 0.6) is 11.5 Å². The molecule has 0 bridgehead atoms. The summed E-state index contributed by atoms with van der Waals surface area (Å²) in [6.45, 7) is 7.65. The van der Waals surface area contributed by atoms with Crippen molar-refractivity contribution in [2.75, 3.05) is 25.1 Å². The molecule has 0 radical (unpaired) electrons. The molecule has 0 atom stereocenters. The highest BCUT2D eigenvalue weighted by atomic mass is 19.4. The normalized spacial score (nSPS) is 11.9. The minimum atomic E-state index is -4.39. The van der Waals surface area contributed by atoms with Crippen molar-refractivity contribution < 1.29 is 37.0 Å². The quantitative estimate of drug-likeness (QED) is 0.331. The van der Waals surface area contributed by atoms with Crippen LogP contribution in [0.25, 0.3) is 11.3 Å². The molecule has 0 saturated carbocycles. The zero-order chi connectivity index (χ0) is 26.7. The molecule has 0 amide bonds. The Morgan fingerprint density at radius 2 is 1.69 bits per heavy atom. The maximum Gasteiger partial charge on any atom is 0.416 e. The van der Waals surface area contributed by atoms with E-state index in [0.717, 1.165) is 23.3 Å². The van der Waals surface area contributed by atoms with Gasteiger partial charge >= 0.3 is 12.1 Å². The molecule has 1 N–H and O–H groups in total. The van der Waals surface area contributed by atoms with E-state index in [4.69, 9.17) is 13.9 Å². The lowest BCUT2D eigenvalue weighted by Crippen LogP contribution is -2.38. The summed E-state index contributed by atoms with van der Waals surface area (Å²) in [5, 5.41) is 9.28. The number of oxazole rings is 1. The smallest absolute Gasteiger partial charge is 0.416 e. The molecule has 3 aromatic rings. The maximum atomic E-state index is 12.8. The van der Waals surface area contributed by atoms with E-state index in [1.807, 2.05) is 19.9 Å². The van der Waals surface area contributed by atoms with Crippen LogP contribution in [0.15, 0.2) is 47.1 Å². The number of rotatable bonds is 10. The Morgan fingerprint density at radius 3 is 2.31 bits per heavy atom. The minimum absolute atomic E-state index is 0.347. The third kappa shape index (κ3) is 6.50. The van der Waals surface area contributed by atoms with Gasteiger partial charge in [-0.05, 0) is 69.5 Å². The molecule has 194 valence electrons. The van der Waals surface area contributed by atoms with E-state index in [-0.39, 0.29) is 0 Å². The van der Waals surface area contributed by atoms with E-state index < -0.39 is 23.3 Å². The second-order valence-electron chi connectivity index (χ2n) is 9.01. The van der Waals surface area contributed by atoms with Crippen LogP contribution in [-0.4, -0.2) is 41.9 Å².